The third kappa shape index (κ3) is 2.67. The van der Waals surface area contributed by atoms with Gasteiger partial charge in [-0.25, -0.2) is 0 Å². The SMILES string of the molecule is Cc1noc(C)c1CN1C[C@@]2(CCCN(CC(C)C)C2)C1=O. The maximum Gasteiger partial charge on any atom is 0.232 e. The van der Waals surface area contributed by atoms with Crippen LogP contribution in [0, 0.1) is 25.2 Å². The number of hydrogen-bond acceptors (Lipinski definition) is 4. The third-order valence-corrected chi connectivity index (χ3v) is 5.04. The van der Waals surface area contributed by atoms with Crippen LogP contribution in [0.15, 0.2) is 4.52 Å². The highest BCUT2D eigenvalue weighted by Crippen LogP contribution is 2.41. The van der Waals surface area contributed by atoms with Crippen LogP contribution in [-0.4, -0.2) is 47.0 Å². The van der Waals surface area contributed by atoms with Gasteiger partial charge in [-0.15, -0.1) is 0 Å². The second-order valence-electron chi connectivity index (χ2n) is 7.48. The zero-order chi connectivity index (χ0) is 15.9. The summed E-state index contributed by atoms with van der Waals surface area (Å²) >= 11 is 0. The maximum absolute atomic E-state index is 12.8. The van der Waals surface area contributed by atoms with Crippen molar-refractivity contribution in [2.45, 2.75) is 47.1 Å². The van der Waals surface area contributed by atoms with Gasteiger partial charge in [-0.2, -0.15) is 0 Å². The van der Waals surface area contributed by atoms with Crippen molar-refractivity contribution in [3.8, 4) is 0 Å². The van der Waals surface area contributed by atoms with Crippen LogP contribution in [0.25, 0.3) is 0 Å². The number of aromatic nitrogens is 1. The van der Waals surface area contributed by atoms with E-state index < -0.39 is 0 Å². The maximum atomic E-state index is 12.8. The van der Waals surface area contributed by atoms with Gasteiger partial charge in [0.05, 0.1) is 17.7 Å². The first-order valence-electron chi connectivity index (χ1n) is 8.35. The summed E-state index contributed by atoms with van der Waals surface area (Å²) < 4.78 is 5.20. The van der Waals surface area contributed by atoms with Crippen molar-refractivity contribution in [1.82, 2.24) is 15.0 Å². The van der Waals surface area contributed by atoms with Gasteiger partial charge in [0, 0.05) is 25.2 Å². The van der Waals surface area contributed by atoms with Crippen molar-refractivity contribution in [3.05, 3.63) is 17.0 Å². The minimum Gasteiger partial charge on any atom is -0.361 e. The van der Waals surface area contributed by atoms with Crippen molar-refractivity contribution in [2.24, 2.45) is 11.3 Å². The molecule has 5 heteroatoms. The van der Waals surface area contributed by atoms with E-state index in [-0.39, 0.29) is 5.41 Å². The topological polar surface area (TPSA) is 49.6 Å². The Hall–Kier alpha value is -1.36. The van der Waals surface area contributed by atoms with E-state index in [1.807, 2.05) is 18.7 Å². The molecule has 0 N–H and O–H groups in total. The highest BCUT2D eigenvalue weighted by atomic mass is 16.5. The van der Waals surface area contributed by atoms with Gasteiger partial charge < -0.3 is 14.3 Å². The molecule has 0 bridgehead atoms. The molecule has 5 nitrogen and oxygen atoms in total. The lowest BCUT2D eigenvalue weighted by Gasteiger charge is -2.53. The first-order chi connectivity index (χ1) is 10.4. The van der Waals surface area contributed by atoms with Gasteiger partial charge in [-0.1, -0.05) is 19.0 Å². The Kier molecular flexibility index (Phi) is 4.02. The van der Waals surface area contributed by atoms with E-state index in [1.165, 1.54) is 0 Å². The van der Waals surface area contributed by atoms with Crippen molar-refractivity contribution >= 4 is 5.91 Å². The normalized spacial score (nSPS) is 26.0. The van der Waals surface area contributed by atoms with Gasteiger partial charge >= 0.3 is 0 Å². The average Bonchev–Trinajstić information content (AvgIpc) is 2.78. The van der Waals surface area contributed by atoms with Gasteiger partial charge in [-0.3, -0.25) is 4.79 Å². The molecule has 3 rings (SSSR count). The van der Waals surface area contributed by atoms with E-state index in [2.05, 4.69) is 23.9 Å². The predicted octanol–water partition coefficient (Wildman–Crippen LogP) is 2.37. The molecule has 2 fully saturated rings. The molecule has 2 aliphatic heterocycles. The highest BCUT2D eigenvalue weighted by molar-refractivity contribution is 5.89. The molecule has 0 aromatic carbocycles. The molecule has 1 amide bonds. The quantitative estimate of drug-likeness (QED) is 0.801. The molecule has 0 radical (unpaired) electrons. The van der Waals surface area contributed by atoms with Crippen molar-refractivity contribution < 1.29 is 9.32 Å². The molecule has 1 aromatic heterocycles. The standard InChI is InChI=1S/C17H27N3O2/c1-12(2)8-19-7-5-6-17(10-19)11-20(16(17)21)9-15-13(3)18-22-14(15)4/h12H,5-11H2,1-4H3/t17-/m0/s1. The lowest BCUT2D eigenvalue weighted by molar-refractivity contribution is -0.167. The molecule has 1 spiro atoms. The van der Waals surface area contributed by atoms with Crippen molar-refractivity contribution in [3.63, 3.8) is 0 Å². The number of likely N-dealkylation sites (tertiary alicyclic amines) is 2. The Balaban J connectivity index is 1.64. The van der Waals surface area contributed by atoms with Crippen LogP contribution in [0.2, 0.25) is 0 Å². The number of piperidine rings is 1. The molecule has 0 saturated carbocycles. The second-order valence-corrected chi connectivity index (χ2v) is 7.48. The summed E-state index contributed by atoms with van der Waals surface area (Å²) in [6, 6.07) is 0. The third-order valence-electron chi connectivity index (χ3n) is 5.04. The van der Waals surface area contributed by atoms with Crippen LogP contribution in [0.5, 0.6) is 0 Å². The van der Waals surface area contributed by atoms with Crippen LogP contribution >= 0.6 is 0 Å². The number of carbonyl (C=O) groups is 1. The molecule has 1 atom stereocenters. The van der Waals surface area contributed by atoms with Crippen molar-refractivity contribution in [1.29, 1.82) is 0 Å². The van der Waals surface area contributed by atoms with Crippen LogP contribution in [0.1, 0.15) is 43.7 Å². The molecule has 122 valence electrons. The van der Waals surface area contributed by atoms with Crippen LogP contribution < -0.4 is 0 Å². The van der Waals surface area contributed by atoms with Crippen molar-refractivity contribution in [2.75, 3.05) is 26.2 Å². The molecular formula is C17H27N3O2. The number of rotatable bonds is 4. The second kappa shape index (κ2) is 5.69. The van der Waals surface area contributed by atoms with Gasteiger partial charge in [0.2, 0.25) is 5.91 Å². The molecule has 1 aromatic rings. The highest BCUT2D eigenvalue weighted by Gasteiger charge is 2.53. The predicted molar refractivity (Wildman–Crippen MR) is 84.3 cm³/mol. The molecule has 0 aliphatic carbocycles. The Morgan fingerprint density at radius 3 is 2.68 bits per heavy atom. The minimum atomic E-state index is -0.119. The first kappa shape index (κ1) is 15.5. The largest absolute Gasteiger partial charge is 0.361 e. The van der Waals surface area contributed by atoms with Crippen LogP contribution in [0.3, 0.4) is 0 Å². The summed E-state index contributed by atoms with van der Waals surface area (Å²) in [4.78, 5) is 17.2. The molecule has 2 saturated heterocycles. The molecule has 0 unspecified atom stereocenters. The Morgan fingerprint density at radius 2 is 2.09 bits per heavy atom. The fraction of sp³-hybridized carbons (Fsp3) is 0.765. The Labute approximate surface area is 132 Å². The summed E-state index contributed by atoms with van der Waals surface area (Å²) in [6.45, 7) is 13.0. The Morgan fingerprint density at radius 1 is 1.32 bits per heavy atom. The van der Waals surface area contributed by atoms with Gasteiger partial charge in [0.15, 0.2) is 0 Å². The fourth-order valence-electron chi connectivity index (χ4n) is 4.00. The molecule has 3 heterocycles. The first-order valence-corrected chi connectivity index (χ1v) is 8.35. The number of nitrogens with zero attached hydrogens (tertiary/aromatic N) is 3. The summed E-state index contributed by atoms with van der Waals surface area (Å²) in [5, 5.41) is 3.98. The lowest BCUT2D eigenvalue weighted by Crippen LogP contribution is -2.66. The van der Waals surface area contributed by atoms with E-state index in [9.17, 15) is 4.79 Å². The van der Waals surface area contributed by atoms with Crippen LogP contribution in [0.4, 0.5) is 0 Å². The smallest absolute Gasteiger partial charge is 0.232 e. The summed E-state index contributed by atoms with van der Waals surface area (Å²) in [5.74, 6) is 1.81. The van der Waals surface area contributed by atoms with Gasteiger partial charge in [-0.05, 0) is 39.2 Å². The number of β-lactam (4-membered cyclic amide) rings is 1. The van der Waals surface area contributed by atoms with Gasteiger partial charge in [0.1, 0.15) is 5.76 Å². The lowest BCUT2D eigenvalue weighted by atomic mass is 9.72. The summed E-state index contributed by atoms with van der Waals surface area (Å²) in [6.07, 6.45) is 2.18. The molecular weight excluding hydrogens is 278 g/mol. The number of hydrogen-bond donors (Lipinski definition) is 0. The summed E-state index contributed by atoms with van der Waals surface area (Å²) in [5.41, 5.74) is 1.85. The van der Waals surface area contributed by atoms with E-state index in [0.717, 1.165) is 56.0 Å². The number of carbonyl (C=O) groups excluding carboxylic acids is 1. The molecule has 22 heavy (non-hydrogen) atoms. The van der Waals surface area contributed by atoms with Gasteiger partial charge in [0.25, 0.3) is 0 Å². The fourth-order valence-corrected chi connectivity index (χ4v) is 4.00. The van der Waals surface area contributed by atoms with E-state index >= 15 is 0 Å². The number of aryl methyl sites for hydroxylation is 2. The van der Waals surface area contributed by atoms with E-state index in [4.69, 9.17) is 4.52 Å². The van der Waals surface area contributed by atoms with E-state index in [0.29, 0.717) is 18.4 Å². The zero-order valence-corrected chi connectivity index (χ0v) is 14.2. The monoisotopic (exact) mass is 305 g/mol. The van der Waals surface area contributed by atoms with Crippen LogP contribution in [-0.2, 0) is 11.3 Å². The minimum absolute atomic E-state index is 0.119. The van der Waals surface area contributed by atoms with E-state index in [1.54, 1.807) is 0 Å². The Bertz CT molecular complexity index is 547. The molecule has 2 aliphatic rings. The average molecular weight is 305 g/mol. The number of amides is 1. The zero-order valence-electron chi connectivity index (χ0n) is 14.2. The summed E-state index contributed by atoms with van der Waals surface area (Å²) in [7, 11) is 0.